The first-order valence-corrected chi connectivity index (χ1v) is 18.7. The van der Waals surface area contributed by atoms with Crippen molar-refractivity contribution in [2.45, 2.75) is 71.8 Å². The number of benzene rings is 3. The van der Waals surface area contributed by atoms with Crippen LogP contribution < -0.4 is 15.8 Å². The number of halogens is 3. The summed E-state index contributed by atoms with van der Waals surface area (Å²) in [4.78, 5) is 4.56. The molecule has 0 spiro atoms. The second-order valence-electron chi connectivity index (χ2n) is 14.8. The van der Waals surface area contributed by atoms with Crippen LogP contribution in [0.4, 0.5) is 13.2 Å². The third-order valence-corrected chi connectivity index (χ3v) is 14.4. The minimum atomic E-state index is -4.54. The normalized spacial score (nSPS) is 13.5. The Bertz CT molecular complexity index is 1870. The van der Waals surface area contributed by atoms with E-state index >= 15 is 0 Å². The molecule has 2 aromatic heterocycles. The van der Waals surface area contributed by atoms with E-state index in [1.807, 2.05) is 43.3 Å². The molecule has 0 amide bonds. The number of hydrogen-bond acceptors (Lipinski definition) is 5. The highest BCUT2D eigenvalue weighted by atomic mass is 28.4. The zero-order valence-corrected chi connectivity index (χ0v) is 30.8. The molecule has 0 fully saturated rings. The Balaban J connectivity index is 1.71. The smallest absolute Gasteiger partial charge is 0.423 e. The van der Waals surface area contributed by atoms with Crippen molar-refractivity contribution in [1.29, 1.82) is 0 Å². The molecule has 0 aliphatic rings. The van der Waals surface area contributed by atoms with Crippen molar-refractivity contribution in [3.05, 3.63) is 108 Å². The van der Waals surface area contributed by atoms with Gasteiger partial charge in [0.25, 0.3) is 8.32 Å². The molecule has 5 rings (SSSR count). The molecule has 2 heterocycles. The maximum absolute atomic E-state index is 14.4. The summed E-state index contributed by atoms with van der Waals surface area (Å²) < 4.78 is 57.4. The number of pyridine rings is 1. The lowest BCUT2D eigenvalue weighted by Crippen LogP contribution is -2.67. The fraction of sp³-hybridized carbons (Fsp3) is 0.359. The fourth-order valence-electron chi connectivity index (χ4n) is 7.08. The minimum Gasteiger partial charge on any atom is -0.423 e. The number of rotatable bonds is 12. The number of hydrogen-bond donors (Lipinski definition) is 2. The second-order valence-corrected chi connectivity index (χ2v) is 19.1. The fourth-order valence-corrected chi connectivity index (χ4v) is 11.8. The average Bonchev–Trinajstić information content (AvgIpc) is 3.34. The van der Waals surface area contributed by atoms with Crippen LogP contribution >= 0.6 is 0 Å². The van der Waals surface area contributed by atoms with Crippen molar-refractivity contribution >= 4 is 42.2 Å². The van der Waals surface area contributed by atoms with Gasteiger partial charge in [0.1, 0.15) is 6.54 Å². The van der Waals surface area contributed by atoms with Crippen LogP contribution in [0.15, 0.2) is 97.2 Å². The molecule has 1 atom stereocenters. The summed E-state index contributed by atoms with van der Waals surface area (Å²) in [6, 6.07) is 28.7. The van der Waals surface area contributed by atoms with E-state index in [1.54, 1.807) is 24.4 Å². The van der Waals surface area contributed by atoms with E-state index in [-0.39, 0.29) is 10.5 Å². The van der Waals surface area contributed by atoms with Gasteiger partial charge in [0.15, 0.2) is 0 Å². The molecule has 5 aromatic rings. The molecule has 0 bridgehead atoms. The third-order valence-electron chi connectivity index (χ3n) is 9.41. The van der Waals surface area contributed by atoms with E-state index < -0.39 is 39.7 Å². The van der Waals surface area contributed by atoms with E-state index in [0.29, 0.717) is 46.4 Å². The van der Waals surface area contributed by atoms with Gasteiger partial charge in [-0.05, 0) is 63.4 Å². The molecule has 50 heavy (non-hydrogen) atoms. The molecule has 0 saturated carbocycles. The Morgan fingerprint density at radius 3 is 1.98 bits per heavy atom. The second kappa shape index (κ2) is 14.5. The van der Waals surface area contributed by atoms with E-state index in [2.05, 4.69) is 63.9 Å². The minimum absolute atomic E-state index is 0.187. The highest BCUT2D eigenvalue weighted by Gasteiger charge is 2.51. The van der Waals surface area contributed by atoms with Gasteiger partial charge in [0.2, 0.25) is 0 Å². The molecule has 0 saturated heterocycles. The monoisotopic (exact) mass is 702 g/mol. The Hall–Kier alpha value is -3.74. The summed E-state index contributed by atoms with van der Waals surface area (Å²) in [5.74, 6) is 0. The van der Waals surface area contributed by atoms with Gasteiger partial charge in [0, 0.05) is 36.4 Å². The van der Waals surface area contributed by atoms with Crippen LogP contribution in [-0.4, -0.2) is 54.9 Å². The number of methoxy groups -OCH3 is 1. The molecule has 11 heteroatoms. The Kier molecular flexibility index (Phi) is 10.9. The third kappa shape index (κ3) is 7.62. The van der Waals surface area contributed by atoms with E-state index in [9.17, 15) is 23.2 Å². The molecule has 3 aromatic carbocycles. The molecule has 0 aliphatic carbocycles. The van der Waals surface area contributed by atoms with Gasteiger partial charge in [-0.25, -0.2) is 0 Å². The predicted molar refractivity (Wildman–Crippen MR) is 198 cm³/mol. The van der Waals surface area contributed by atoms with Crippen molar-refractivity contribution in [1.82, 2.24) is 9.55 Å². The van der Waals surface area contributed by atoms with Crippen molar-refractivity contribution in [2.24, 2.45) is 5.41 Å². The van der Waals surface area contributed by atoms with Crippen LogP contribution in [0, 0.1) is 5.41 Å². The molecule has 0 aliphatic heterocycles. The largest absolute Gasteiger partial charge is 0.488 e. The van der Waals surface area contributed by atoms with Crippen molar-refractivity contribution < 1.29 is 32.4 Å². The Labute approximate surface area is 294 Å². The van der Waals surface area contributed by atoms with Crippen LogP contribution in [0.3, 0.4) is 0 Å². The molecular weight excluding hydrogens is 656 g/mol. The Morgan fingerprint density at radius 2 is 1.46 bits per heavy atom. The summed E-state index contributed by atoms with van der Waals surface area (Å²) in [6.07, 6.45) is -3.11. The predicted octanol–water partition coefficient (Wildman–Crippen LogP) is 6.80. The zero-order chi connectivity index (χ0) is 36.5. The quantitative estimate of drug-likeness (QED) is 0.140. The Morgan fingerprint density at radius 1 is 0.860 bits per heavy atom. The molecule has 2 N–H and O–H groups in total. The topological polar surface area (TPSA) is 76.7 Å². The van der Waals surface area contributed by atoms with Gasteiger partial charge < -0.3 is 23.8 Å². The van der Waals surface area contributed by atoms with Gasteiger partial charge >= 0.3 is 13.3 Å². The van der Waals surface area contributed by atoms with Crippen molar-refractivity contribution in [3.8, 4) is 11.3 Å². The summed E-state index contributed by atoms with van der Waals surface area (Å²) >= 11 is 0. The lowest BCUT2D eigenvalue weighted by atomic mass is 9.78. The first kappa shape index (κ1) is 37.5. The van der Waals surface area contributed by atoms with Gasteiger partial charge in [-0.15, -0.1) is 0 Å². The maximum Gasteiger partial charge on any atom is 0.488 e. The van der Waals surface area contributed by atoms with Gasteiger partial charge in [-0.1, -0.05) is 107 Å². The molecule has 0 radical (unpaired) electrons. The summed E-state index contributed by atoms with van der Waals surface area (Å²) in [5.41, 5.74) is 1.96. The van der Waals surface area contributed by atoms with Gasteiger partial charge in [0.05, 0.1) is 17.5 Å². The molecule has 0 unspecified atom stereocenters. The molecule has 264 valence electrons. The first-order chi connectivity index (χ1) is 23.5. The number of aromatic nitrogens is 2. The van der Waals surface area contributed by atoms with Crippen molar-refractivity contribution in [2.75, 3.05) is 13.7 Å². The SMILES string of the molecule is CO[C@@H](C)c1ncccc1-c1c(CC(C)(C)CO[Si](c2ccccc2)(c2ccccc2)C(C)(C)C)c2cc(B(O)O)ccc2n1CC(F)(F)F. The number of nitrogens with zero attached hydrogens (tertiary/aromatic N) is 2. The highest BCUT2D eigenvalue weighted by molar-refractivity contribution is 6.99. The van der Waals surface area contributed by atoms with Crippen LogP contribution in [0.25, 0.3) is 22.2 Å². The van der Waals surface area contributed by atoms with Gasteiger partial charge in [-0.3, -0.25) is 4.98 Å². The van der Waals surface area contributed by atoms with Crippen LogP contribution in [0.2, 0.25) is 5.04 Å². The molecular formula is C39H46BF3N2O4Si. The number of ether oxygens (including phenoxy) is 1. The van der Waals surface area contributed by atoms with E-state index in [1.165, 1.54) is 23.8 Å². The maximum atomic E-state index is 14.4. The highest BCUT2D eigenvalue weighted by Crippen LogP contribution is 2.43. The summed E-state index contributed by atoms with van der Waals surface area (Å²) in [7, 11) is -3.19. The van der Waals surface area contributed by atoms with Crippen LogP contribution in [0.5, 0.6) is 0 Å². The summed E-state index contributed by atoms with van der Waals surface area (Å²) in [6.45, 7) is 11.6. The standard InChI is InChI=1S/C39H46BF3N2O4Si/c1-27(48-7)35-31(19-14-22-44-35)36-33(32-23-28(40(46)47)20-21-34(32)45(36)25-39(41,42)43)24-38(5,6)26-49-50(37(2,3)4,29-15-10-8-11-16-29)30-17-12-9-13-18-30/h8-23,27,46-47H,24-26H2,1-7H3/t27-/m0/s1. The lowest BCUT2D eigenvalue weighted by molar-refractivity contribution is -0.139. The molecule has 6 nitrogen and oxygen atoms in total. The van der Waals surface area contributed by atoms with Crippen molar-refractivity contribution in [3.63, 3.8) is 0 Å². The van der Waals surface area contributed by atoms with Crippen LogP contribution in [0.1, 0.15) is 58.9 Å². The average molecular weight is 703 g/mol. The lowest BCUT2D eigenvalue weighted by Gasteiger charge is -2.44. The van der Waals surface area contributed by atoms with E-state index in [0.717, 1.165) is 10.4 Å². The van der Waals surface area contributed by atoms with Crippen LogP contribution in [-0.2, 0) is 22.1 Å². The van der Waals surface area contributed by atoms with E-state index in [4.69, 9.17) is 9.16 Å². The van der Waals surface area contributed by atoms with Gasteiger partial charge in [-0.2, -0.15) is 13.2 Å². The first-order valence-electron chi connectivity index (χ1n) is 16.8. The number of alkyl halides is 3. The zero-order valence-electron chi connectivity index (χ0n) is 29.8. The number of fused-ring (bicyclic) bond motifs is 1. The summed E-state index contributed by atoms with van der Waals surface area (Å²) in [5, 5.41) is 22.8.